The molecule has 4 nitrogen and oxygen atoms in total. The van der Waals surface area contributed by atoms with Crippen LogP contribution in [0.1, 0.15) is 37.4 Å². The number of aliphatic imine (C=N–C) groups is 1. The summed E-state index contributed by atoms with van der Waals surface area (Å²) in [5.41, 5.74) is 0. The van der Waals surface area contributed by atoms with E-state index in [4.69, 9.17) is 4.99 Å². The van der Waals surface area contributed by atoms with E-state index in [0.717, 1.165) is 45.1 Å². The van der Waals surface area contributed by atoms with Gasteiger partial charge in [-0.05, 0) is 46.0 Å². The Balaban J connectivity index is 2.47. The number of likely N-dealkylation sites (N-methyl/N-ethyl adjacent to an activating group) is 1. The summed E-state index contributed by atoms with van der Waals surface area (Å²) in [4.78, 5) is 9.89. The number of hydrogen-bond donors (Lipinski definition) is 2. The predicted octanol–water partition coefficient (Wildman–Crippen LogP) is 2.88. The number of guanidine groups is 1. The third-order valence-electron chi connectivity index (χ3n) is 3.61. The molecule has 0 amide bonds. The maximum absolute atomic E-state index is 4.69. The first-order valence-electron chi connectivity index (χ1n) is 8.41. The zero-order valence-corrected chi connectivity index (χ0v) is 15.6. The predicted molar refractivity (Wildman–Crippen MR) is 99.1 cm³/mol. The average molecular weight is 325 g/mol. The molecule has 0 aliphatic rings. The molecule has 0 aromatic carbocycles. The van der Waals surface area contributed by atoms with Crippen molar-refractivity contribution in [2.75, 3.05) is 32.7 Å². The average Bonchev–Trinajstić information content (AvgIpc) is 2.88. The lowest BCUT2D eigenvalue weighted by Crippen LogP contribution is -2.43. The molecule has 0 aliphatic carbocycles. The minimum absolute atomic E-state index is 0.379. The number of nitrogens with zero attached hydrogens (tertiary/aromatic N) is 2. The van der Waals surface area contributed by atoms with Crippen LogP contribution in [0.3, 0.4) is 0 Å². The van der Waals surface area contributed by atoms with Crippen molar-refractivity contribution in [3.63, 3.8) is 0 Å². The van der Waals surface area contributed by atoms with Crippen LogP contribution >= 0.6 is 11.3 Å². The van der Waals surface area contributed by atoms with Gasteiger partial charge in [0.05, 0.1) is 6.54 Å². The minimum Gasteiger partial charge on any atom is -0.357 e. The molecule has 126 valence electrons. The van der Waals surface area contributed by atoms with Crippen LogP contribution in [0.15, 0.2) is 17.1 Å². The molecule has 1 aromatic rings. The molecule has 1 heterocycles. The summed E-state index contributed by atoms with van der Waals surface area (Å²) in [5, 5.41) is 6.85. The molecule has 0 saturated heterocycles. The van der Waals surface area contributed by atoms with E-state index in [0.29, 0.717) is 6.04 Å². The van der Waals surface area contributed by atoms with Crippen LogP contribution in [0.25, 0.3) is 0 Å². The molecule has 0 spiro atoms. The fourth-order valence-electron chi connectivity index (χ4n) is 2.34. The maximum atomic E-state index is 4.69. The van der Waals surface area contributed by atoms with Crippen LogP contribution in [-0.2, 0) is 6.42 Å². The largest absolute Gasteiger partial charge is 0.357 e. The summed E-state index contributed by atoms with van der Waals surface area (Å²) in [7, 11) is 0. The molecule has 1 rings (SSSR count). The van der Waals surface area contributed by atoms with E-state index in [9.17, 15) is 0 Å². The minimum atomic E-state index is 0.379. The van der Waals surface area contributed by atoms with Crippen molar-refractivity contribution in [1.29, 1.82) is 0 Å². The van der Waals surface area contributed by atoms with E-state index in [1.54, 1.807) is 0 Å². The first-order valence-corrected chi connectivity index (χ1v) is 9.23. The normalized spacial score (nSPS) is 13.5. The van der Waals surface area contributed by atoms with E-state index in [2.05, 4.69) is 62.3 Å². The standard InChI is InChI=1S/C17H32N4S/c1-6-18-17(19-11-12-21(7-2)8-3)20-14(4)13-16-10-9-15(5)22-16/h9-10,14H,6-8,11-13H2,1-5H3,(H2,18,19,20). The molecule has 1 aromatic heterocycles. The highest BCUT2D eigenvalue weighted by atomic mass is 32.1. The third-order valence-corrected chi connectivity index (χ3v) is 4.63. The second-order valence-corrected chi connectivity index (χ2v) is 6.92. The summed E-state index contributed by atoms with van der Waals surface area (Å²) in [6, 6.07) is 4.79. The van der Waals surface area contributed by atoms with Gasteiger partial charge in [0, 0.05) is 35.3 Å². The summed E-state index contributed by atoms with van der Waals surface area (Å²) in [5.74, 6) is 0.926. The van der Waals surface area contributed by atoms with Gasteiger partial charge in [-0.1, -0.05) is 13.8 Å². The van der Waals surface area contributed by atoms with Crippen molar-refractivity contribution in [2.24, 2.45) is 4.99 Å². The van der Waals surface area contributed by atoms with Crippen molar-refractivity contribution in [3.8, 4) is 0 Å². The van der Waals surface area contributed by atoms with Gasteiger partial charge in [-0.2, -0.15) is 0 Å². The van der Waals surface area contributed by atoms with E-state index >= 15 is 0 Å². The first kappa shape index (κ1) is 19.0. The summed E-state index contributed by atoms with van der Waals surface area (Å²) in [6.07, 6.45) is 1.04. The summed E-state index contributed by atoms with van der Waals surface area (Å²) in [6.45, 7) is 15.8. The van der Waals surface area contributed by atoms with Crippen molar-refractivity contribution in [2.45, 2.75) is 47.1 Å². The molecule has 0 saturated carbocycles. The number of aryl methyl sites for hydroxylation is 1. The summed E-state index contributed by atoms with van der Waals surface area (Å²) < 4.78 is 0. The lowest BCUT2D eigenvalue weighted by molar-refractivity contribution is 0.313. The highest BCUT2D eigenvalue weighted by Gasteiger charge is 2.08. The Hall–Kier alpha value is -1.07. The number of nitrogens with one attached hydrogen (secondary N) is 2. The van der Waals surface area contributed by atoms with Gasteiger partial charge in [0.1, 0.15) is 0 Å². The maximum Gasteiger partial charge on any atom is 0.191 e. The fraction of sp³-hybridized carbons (Fsp3) is 0.706. The van der Waals surface area contributed by atoms with E-state index in [1.807, 2.05) is 11.3 Å². The molecule has 1 atom stereocenters. The van der Waals surface area contributed by atoms with Gasteiger partial charge in [-0.3, -0.25) is 4.99 Å². The SMILES string of the molecule is CCNC(=NCCN(CC)CC)NC(C)Cc1ccc(C)s1. The zero-order valence-electron chi connectivity index (χ0n) is 14.8. The van der Waals surface area contributed by atoms with Crippen molar-refractivity contribution in [3.05, 3.63) is 21.9 Å². The molecule has 2 N–H and O–H groups in total. The molecule has 5 heteroatoms. The molecule has 0 fully saturated rings. The smallest absolute Gasteiger partial charge is 0.191 e. The summed E-state index contributed by atoms with van der Waals surface area (Å²) >= 11 is 1.88. The Labute approximate surface area is 140 Å². The number of rotatable bonds is 9. The van der Waals surface area contributed by atoms with Crippen molar-refractivity contribution >= 4 is 17.3 Å². The lowest BCUT2D eigenvalue weighted by Gasteiger charge is -2.19. The van der Waals surface area contributed by atoms with Crippen LogP contribution in [0.5, 0.6) is 0 Å². The van der Waals surface area contributed by atoms with Crippen molar-refractivity contribution < 1.29 is 0 Å². The van der Waals surface area contributed by atoms with E-state index in [1.165, 1.54) is 9.75 Å². The van der Waals surface area contributed by atoms with E-state index < -0.39 is 0 Å². The quantitative estimate of drug-likeness (QED) is 0.542. The highest BCUT2D eigenvalue weighted by molar-refractivity contribution is 7.11. The Morgan fingerprint density at radius 1 is 1.27 bits per heavy atom. The van der Waals surface area contributed by atoms with Gasteiger partial charge in [0.15, 0.2) is 5.96 Å². The van der Waals surface area contributed by atoms with E-state index in [-0.39, 0.29) is 0 Å². The van der Waals surface area contributed by atoms with Crippen LogP contribution in [-0.4, -0.2) is 49.6 Å². The number of hydrogen-bond acceptors (Lipinski definition) is 3. The molecule has 0 aliphatic heterocycles. The monoisotopic (exact) mass is 324 g/mol. The second-order valence-electron chi connectivity index (χ2n) is 5.55. The van der Waals surface area contributed by atoms with Gasteiger partial charge in [-0.15, -0.1) is 11.3 Å². The van der Waals surface area contributed by atoms with Gasteiger partial charge < -0.3 is 15.5 Å². The van der Waals surface area contributed by atoms with Crippen LogP contribution < -0.4 is 10.6 Å². The topological polar surface area (TPSA) is 39.7 Å². The molecule has 22 heavy (non-hydrogen) atoms. The zero-order chi connectivity index (χ0) is 16.4. The fourth-order valence-corrected chi connectivity index (χ4v) is 3.36. The van der Waals surface area contributed by atoms with Gasteiger partial charge >= 0.3 is 0 Å². The molecule has 1 unspecified atom stereocenters. The third kappa shape index (κ3) is 7.27. The van der Waals surface area contributed by atoms with Gasteiger partial charge in [-0.25, -0.2) is 0 Å². The van der Waals surface area contributed by atoms with Crippen LogP contribution in [0.2, 0.25) is 0 Å². The molecular weight excluding hydrogens is 292 g/mol. The number of thiophene rings is 1. The Morgan fingerprint density at radius 2 is 2.00 bits per heavy atom. The lowest BCUT2D eigenvalue weighted by atomic mass is 10.2. The Morgan fingerprint density at radius 3 is 2.55 bits per heavy atom. The highest BCUT2D eigenvalue weighted by Crippen LogP contribution is 2.16. The Bertz CT molecular complexity index is 438. The second kappa shape index (κ2) is 10.6. The first-order chi connectivity index (χ1) is 10.6. The Kier molecular flexibility index (Phi) is 9.16. The molecule has 0 bridgehead atoms. The van der Waals surface area contributed by atoms with Gasteiger partial charge in [0.25, 0.3) is 0 Å². The van der Waals surface area contributed by atoms with Crippen LogP contribution in [0, 0.1) is 6.92 Å². The van der Waals surface area contributed by atoms with Crippen molar-refractivity contribution in [1.82, 2.24) is 15.5 Å². The molecular formula is C17H32N4S. The molecule has 0 radical (unpaired) electrons. The van der Waals surface area contributed by atoms with Gasteiger partial charge in [0.2, 0.25) is 0 Å². The van der Waals surface area contributed by atoms with Crippen LogP contribution in [0.4, 0.5) is 0 Å².